The normalized spacial score (nSPS) is 17.8. The van der Waals surface area contributed by atoms with Crippen molar-refractivity contribution in [3.05, 3.63) is 47.0 Å². The van der Waals surface area contributed by atoms with Gasteiger partial charge >= 0.3 is 5.97 Å². The summed E-state index contributed by atoms with van der Waals surface area (Å²) in [5.74, 6) is 0.760. The maximum absolute atomic E-state index is 12.4. The second-order valence-electron chi connectivity index (χ2n) is 8.09. The summed E-state index contributed by atoms with van der Waals surface area (Å²) in [6, 6.07) is 11.0. The van der Waals surface area contributed by atoms with Gasteiger partial charge in [0.05, 0.1) is 13.0 Å². The van der Waals surface area contributed by atoms with Crippen LogP contribution in [-0.4, -0.2) is 31.1 Å². The van der Waals surface area contributed by atoms with Crippen molar-refractivity contribution in [1.29, 1.82) is 0 Å². The van der Waals surface area contributed by atoms with Crippen LogP contribution in [0.25, 0.3) is 11.1 Å². The highest BCUT2D eigenvalue weighted by Crippen LogP contribution is 2.51. The van der Waals surface area contributed by atoms with Crippen molar-refractivity contribution >= 4 is 5.97 Å². The lowest BCUT2D eigenvalue weighted by Crippen LogP contribution is -2.38. The molecule has 4 heteroatoms. The average molecular weight is 380 g/mol. The smallest absolute Gasteiger partial charge is 0.313 e. The summed E-state index contributed by atoms with van der Waals surface area (Å²) in [6.07, 6.45) is 3.16. The first-order chi connectivity index (χ1) is 13.5. The molecule has 148 valence electrons. The number of hydrogen-bond donors (Lipinski definition) is 0. The number of ether oxygens (including phenoxy) is 2. The largest absolute Gasteiger partial charge is 0.493 e. The van der Waals surface area contributed by atoms with E-state index in [0.717, 1.165) is 37.9 Å². The van der Waals surface area contributed by atoms with Crippen molar-refractivity contribution in [2.24, 2.45) is 5.92 Å². The second-order valence-corrected chi connectivity index (χ2v) is 8.09. The standard InChI is InChI=1S/C24H29NO3/c1-5-12-25-13-11-16-7-6-8-18-21(16)19(25)14-17-9-10-20(27-4)23(22(17)18)28-24(26)15(2)3/h6-10,15,19H,5,11-14H2,1-4H3/t19-/m1/s1. The van der Waals surface area contributed by atoms with Gasteiger partial charge in [-0.15, -0.1) is 0 Å². The second kappa shape index (κ2) is 7.59. The van der Waals surface area contributed by atoms with Gasteiger partial charge in [0.1, 0.15) is 0 Å². The fourth-order valence-electron chi connectivity index (χ4n) is 4.59. The molecule has 1 atom stereocenters. The van der Waals surface area contributed by atoms with Crippen molar-refractivity contribution in [3.8, 4) is 22.6 Å². The molecule has 2 aliphatic rings. The topological polar surface area (TPSA) is 38.8 Å². The van der Waals surface area contributed by atoms with Crippen molar-refractivity contribution in [3.63, 3.8) is 0 Å². The Labute approximate surface area is 167 Å². The molecule has 0 spiro atoms. The number of nitrogens with zero attached hydrogens (tertiary/aromatic N) is 1. The zero-order valence-corrected chi connectivity index (χ0v) is 17.2. The van der Waals surface area contributed by atoms with Crippen molar-refractivity contribution in [2.75, 3.05) is 20.2 Å². The Morgan fingerprint density at radius 3 is 2.75 bits per heavy atom. The monoisotopic (exact) mass is 379 g/mol. The molecule has 0 saturated carbocycles. The van der Waals surface area contributed by atoms with E-state index >= 15 is 0 Å². The third-order valence-electron chi connectivity index (χ3n) is 5.93. The van der Waals surface area contributed by atoms with E-state index in [4.69, 9.17) is 9.47 Å². The van der Waals surface area contributed by atoms with Gasteiger partial charge in [0.2, 0.25) is 0 Å². The van der Waals surface area contributed by atoms with E-state index in [9.17, 15) is 4.79 Å². The number of carbonyl (C=O) groups is 1. The molecule has 2 aromatic rings. The molecule has 1 heterocycles. The maximum atomic E-state index is 12.4. The third-order valence-corrected chi connectivity index (χ3v) is 5.93. The highest BCUT2D eigenvalue weighted by molar-refractivity contribution is 5.86. The van der Waals surface area contributed by atoms with Crippen molar-refractivity contribution in [2.45, 2.75) is 46.1 Å². The average Bonchev–Trinajstić information content (AvgIpc) is 2.70. The molecular formula is C24H29NO3. The van der Waals surface area contributed by atoms with Gasteiger partial charge in [-0.25, -0.2) is 0 Å². The summed E-state index contributed by atoms with van der Waals surface area (Å²) in [4.78, 5) is 15.0. The third kappa shape index (κ3) is 3.10. The molecule has 1 aliphatic heterocycles. The molecule has 4 nitrogen and oxygen atoms in total. The molecule has 0 radical (unpaired) electrons. The first-order valence-electron chi connectivity index (χ1n) is 10.3. The Morgan fingerprint density at radius 1 is 1.21 bits per heavy atom. The molecule has 0 saturated heterocycles. The molecular weight excluding hydrogens is 350 g/mol. The van der Waals surface area contributed by atoms with Gasteiger partial charge in [0, 0.05) is 18.2 Å². The first-order valence-corrected chi connectivity index (χ1v) is 10.3. The number of rotatable bonds is 5. The SMILES string of the molecule is CCCN1CCc2cccc3c2[C@H]1Cc1ccc(OC)c(OC(=O)C(C)C)c1-3. The van der Waals surface area contributed by atoms with Gasteiger partial charge in [0.25, 0.3) is 0 Å². The van der Waals surface area contributed by atoms with E-state index in [1.54, 1.807) is 7.11 Å². The molecule has 0 bridgehead atoms. The van der Waals surface area contributed by atoms with Crippen molar-refractivity contribution < 1.29 is 14.3 Å². The molecule has 4 rings (SSSR count). The summed E-state index contributed by atoms with van der Waals surface area (Å²) in [5, 5.41) is 0. The van der Waals surface area contributed by atoms with E-state index in [2.05, 4.69) is 36.1 Å². The predicted octanol–water partition coefficient (Wildman–Crippen LogP) is 4.79. The Hall–Kier alpha value is -2.33. The van der Waals surface area contributed by atoms with Gasteiger partial charge in [-0.1, -0.05) is 45.0 Å². The molecule has 0 fully saturated rings. The molecule has 28 heavy (non-hydrogen) atoms. The molecule has 0 amide bonds. The summed E-state index contributed by atoms with van der Waals surface area (Å²) in [6.45, 7) is 8.17. The van der Waals surface area contributed by atoms with Crippen LogP contribution < -0.4 is 9.47 Å². The molecule has 0 aromatic heterocycles. The minimum Gasteiger partial charge on any atom is -0.493 e. The lowest BCUT2D eigenvalue weighted by molar-refractivity contribution is -0.137. The van der Waals surface area contributed by atoms with Gasteiger partial charge < -0.3 is 9.47 Å². The number of carbonyl (C=O) groups excluding carboxylic acids is 1. The molecule has 0 unspecified atom stereocenters. The summed E-state index contributed by atoms with van der Waals surface area (Å²) in [7, 11) is 1.63. The van der Waals surface area contributed by atoms with Crippen LogP contribution in [0.15, 0.2) is 30.3 Å². The Balaban J connectivity index is 1.90. The van der Waals surface area contributed by atoms with E-state index < -0.39 is 0 Å². The lowest BCUT2D eigenvalue weighted by Gasteiger charge is -2.42. The zero-order valence-electron chi connectivity index (χ0n) is 17.2. The highest BCUT2D eigenvalue weighted by Gasteiger charge is 2.36. The van der Waals surface area contributed by atoms with Crippen LogP contribution in [0.5, 0.6) is 11.5 Å². The van der Waals surface area contributed by atoms with Gasteiger partial charge in [-0.05, 0) is 54.1 Å². The van der Waals surface area contributed by atoms with Crippen molar-refractivity contribution in [1.82, 2.24) is 4.90 Å². The Bertz CT molecular complexity index is 903. The van der Waals surface area contributed by atoms with Crippen LogP contribution in [0.4, 0.5) is 0 Å². The van der Waals surface area contributed by atoms with Gasteiger partial charge in [0.15, 0.2) is 11.5 Å². The van der Waals surface area contributed by atoms with Gasteiger partial charge in [-0.3, -0.25) is 9.69 Å². The maximum Gasteiger partial charge on any atom is 0.313 e. The summed E-state index contributed by atoms with van der Waals surface area (Å²) >= 11 is 0. The predicted molar refractivity (Wildman–Crippen MR) is 111 cm³/mol. The van der Waals surface area contributed by atoms with Crippen LogP contribution in [-0.2, 0) is 17.6 Å². The fourth-order valence-corrected chi connectivity index (χ4v) is 4.59. The summed E-state index contributed by atoms with van der Waals surface area (Å²) < 4.78 is 11.5. The fraction of sp³-hybridized carbons (Fsp3) is 0.458. The van der Waals surface area contributed by atoms with E-state index in [0.29, 0.717) is 17.5 Å². The lowest BCUT2D eigenvalue weighted by atomic mass is 9.76. The molecule has 1 aliphatic carbocycles. The van der Waals surface area contributed by atoms with Crippen LogP contribution in [0.1, 0.15) is 49.9 Å². The Morgan fingerprint density at radius 2 is 2.04 bits per heavy atom. The number of hydrogen-bond acceptors (Lipinski definition) is 4. The number of fused-ring (bicyclic) bond motifs is 2. The quantitative estimate of drug-likeness (QED) is 0.553. The number of esters is 1. The van der Waals surface area contributed by atoms with E-state index in [1.165, 1.54) is 22.3 Å². The Kier molecular flexibility index (Phi) is 5.15. The minimum absolute atomic E-state index is 0.193. The van der Waals surface area contributed by atoms with E-state index in [1.807, 2.05) is 19.9 Å². The summed E-state index contributed by atoms with van der Waals surface area (Å²) in [5.41, 5.74) is 6.27. The molecule has 0 N–H and O–H groups in total. The van der Waals surface area contributed by atoms with Crippen LogP contribution in [0.2, 0.25) is 0 Å². The van der Waals surface area contributed by atoms with Crippen LogP contribution in [0, 0.1) is 5.92 Å². The first kappa shape index (κ1) is 19.0. The van der Waals surface area contributed by atoms with Crippen LogP contribution >= 0.6 is 0 Å². The number of methoxy groups -OCH3 is 1. The van der Waals surface area contributed by atoms with Crippen LogP contribution in [0.3, 0.4) is 0 Å². The number of benzene rings is 2. The highest BCUT2D eigenvalue weighted by atomic mass is 16.6. The van der Waals surface area contributed by atoms with Gasteiger partial charge in [-0.2, -0.15) is 0 Å². The zero-order chi connectivity index (χ0) is 19.8. The minimum atomic E-state index is -0.230. The van der Waals surface area contributed by atoms with E-state index in [-0.39, 0.29) is 11.9 Å². The molecule has 2 aromatic carbocycles.